The summed E-state index contributed by atoms with van der Waals surface area (Å²) in [4.78, 5) is 0.0619. The van der Waals surface area contributed by atoms with Crippen LogP contribution in [0.1, 0.15) is 0 Å². The highest BCUT2D eigenvalue weighted by molar-refractivity contribution is 7.90. The quantitative estimate of drug-likeness (QED) is 0.673. The number of sulfone groups is 1. The van der Waals surface area contributed by atoms with Crippen LogP contribution in [-0.4, -0.2) is 14.7 Å². The monoisotopic (exact) mass is 314 g/mol. The molecule has 2 aromatic carbocycles. The molecule has 0 amide bonds. The van der Waals surface area contributed by atoms with E-state index in [1.54, 1.807) is 24.3 Å². The number of hydrogen-bond acceptors (Lipinski definition) is 3. The van der Waals surface area contributed by atoms with Crippen LogP contribution in [0.3, 0.4) is 0 Å². The van der Waals surface area contributed by atoms with Crippen molar-refractivity contribution in [2.45, 2.75) is 4.90 Å². The Labute approximate surface area is 119 Å². The summed E-state index contributed by atoms with van der Waals surface area (Å²) in [7, 11) is -3.39. The van der Waals surface area contributed by atoms with Crippen molar-refractivity contribution in [1.29, 1.82) is 0 Å². The Balaban J connectivity index is 2.47. The lowest BCUT2D eigenvalue weighted by Crippen LogP contribution is -1.97. The minimum absolute atomic E-state index is 0.0619. The van der Waals surface area contributed by atoms with Gasteiger partial charge in [0.2, 0.25) is 0 Å². The van der Waals surface area contributed by atoms with Crippen molar-refractivity contribution in [3.63, 3.8) is 0 Å². The van der Waals surface area contributed by atoms with Gasteiger partial charge in [-0.2, -0.15) is 0 Å². The highest BCUT2D eigenvalue weighted by Crippen LogP contribution is 2.35. The van der Waals surface area contributed by atoms with E-state index in [9.17, 15) is 8.42 Å². The second-order valence-corrected chi connectivity index (χ2v) is 7.12. The average molecular weight is 315 g/mol. The van der Waals surface area contributed by atoms with E-state index < -0.39 is 9.84 Å². The van der Waals surface area contributed by atoms with Crippen LogP contribution in [0, 0.1) is 0 Å². The smallest absolute Gasteiger partial charge is 0.177 e. The fourth-order valence-corrected chi connectivity index (χ4v) is 3.52. The third kappa shape index (κ3) is 2.10. The van der Waals surface area contributed by atoms with E-state index >= 15 is 0 Å². The van der Waals surface area contributed by atoms with Crippen molar-refractivity contribution in [3.8, 4) is 0 Å². The summed E-state index contributed by atoms with van der Waals surface area (Å²) in [5.41, 5.74) is 1.11. The molecule has 0 fully saturated rings. The van der Waals surface area contributed by atoms with Crippen LogP contribution in [0.25, 0.3) is 21.9 Å². The molecule has 3 aromatic rings. The van der Waals surface area contributed by atoms with Crippen molar-refractivity contribution in [3.05, 3.63) is 40.4 Å². The summed E-state index contributed by atoms with van der Waals surface area (Å²) in [5, 5.41) is 2.32. The molecule has 0 atom stereocenters. The highest BCUT2D eigenvalue weighted by Gasteiger charge is 2.17. The summed E-state index contributed by atoms with van der Waals surface area (Å²) in [5.74, 6) is 0. The van der Waals surface area contributed by atoms with E-state index in [2.05, 4.69) is 0 Å². The van der Waals surface area contributed by atoms with Crippen molar-refractivity contribution in [2.24, 2.45) is 0 Å². The van der Waals surface area contributed by atoms with Crippen LogP contribution in [0.4, 0.5) is 0 Å². The average Bonchev–Trinajstić information content (AvgIpc) is 2.64. The minimum Gasteiger partial charge on any atom is -0.456 e. The maximum absolute atomic E-state index is 11.6. The molecule has 0 bridgehead atoms. The molecule has 1 aromatic heterocycles. The van der Waals surface area contributed by atoms with Crippen molar-refractivity contribution in [1.82, 2.24) is 0 Å². The molecule has 0 unspecified atom stereocenters. The van der Waals surface area contributed by atoms with Gasteiger partial charge >= 0.3 is 0 Å². The van der Waals surface area contributed by atoms with Crippen LogP contribution in [0.5, 0.6) is 0 Å². The molecule has 0 aliphatic rings. The molecule has 98 valence electrons. The third-order valence-electron chi connectivity index (χ3n) is 2.89. The zero-order valence-corrected chi connectivity index (χ0v) is 12.1. The molecule has 6 heteroatoms. The van der Waals surface area contributed by atoms with Crippen LogP contribution < -0.4 is 0 Å². The lowest BCUT2D eigenvalue weighted by atomic mass is 10.1. The predicted molar refractivity (Wildman–Crippen MR) is 76.8 cm³/mol. The summed E-state index contributed by atoms with van der Waals surface area (Å²) in [6.45, 7) is 0. The Morgan fingerprint density at radius 1 is 1.00 bits per heavy atom. The standard InChI is InChI=1S/C13H8Cl2O3S/c1-19(16,17)13-6-12-9(5-10(13)15)8-4-7(14)2-3-11(8)18-12/h2-6H,1H3. The van der Waals surface area contributed by atoms with E-state index in [4.69, 9.17) is 27.6 Å². The number of fused-ring (bicyclic) bond motifs is 3. The normalized spacial score (nSPS) is 12.4. The first-order chi connectivity index (χ1) is 8.86. The SMILES string of the molecule is CS(=O)(=O)c1cc2oc3ccc(Cl)cc3c2cc1Cl. The molecule has 19 heavy (non-hydrogen) atoms. The second-order valence-electron chi connectivity index (χ2n) is 4.29. The van der Waals surface area contributed by atoms with Gasteiger partial charge in [0.25, 0.3) is 0 Å². The summed E-state index contributed by atoms with van der Waals surface area (Å²) in [6, 6.07) is 8.26. The molecule has 0 radical (unpaired) electrons. The first kappa shape index (κ1) is 12.8. The Hall–Kier alpha value is -1.23. The zero-order valence-electron chi connectivity index (χ0n) is 9.78. The fraction of sp³-hybridized carbons (Fsp3) is 0.0769. The lowest BCUT2D eigenvalue weighted by molar-refractivity contribution is 0.601. The van der Waals surface area contributed by atoms with Gasteiger partial charge in [-0.05, 0) is 24.3 Å². The number of rotatable bonds is 1. The van der Waals surface area contributed by atoms with Crippen LogP contribution in [0.15, 0.2) is 39.6 Å². The molecular weight excluding hydrogens is 307 g/mol. The highest BCUT2D eigenvalue weighted by atomic mass is 35.5. The van der Waals surface area contributed by atoms with E-state index in [0.29, 0.717) is 16.2 Å². The van der Waals surface area contributed by atoms with E-state index in [0.717, 1.165) is 17.0 Å². The Bertz CT molecular complexity index is 910. The van der Waals surface area contributed by atoms with Gasteiger partial charge in [0.1, 0.15) is 11.2 Å². The van der Waals surface area contributed by atoms with E-state index in [1.165, 1.54) is 6.07 Å². The molecule has 1 heterocycles. The predicted octanol–water partition coefficient (Wildman–Crippen LogP) is 4.30. The maximum atomic E-state index is 11.6. The van der Waals surface area contributed by atoms with Gasteiger partial charge in [-0.1, -0.05) is 23.2 Å². The van der Waals surface area contributed by atoms with Gasteiger partial charge in [-0.15, -0.1) is 0 Å². The van der Waals surface area contributed by atoms with E-state index in [-0.39, 0.29) is 9.92 Å². The van der Waals surface area contributed by atoms with Gasteiger partial charge in [-0.25, -0.2) is 8.42 Å². The topological polar surface area (TPSA) is 47.3 Å². The van der Waals surface area contributed by atoms with Gasteiger partial charge < -0.3 is 4.42 Å². The maximum Gasteiger partial charge on any atom is 0.177 e. The van der Waals surface area contributed by atoms with Gasteiger partial charge in [0.05, 0.1) is 9.92 Å². The first-order valence-corrected chi connectivity index (χ1v) is 8.02. The fourth-order valence-electron chi connectivity index (χ4n) is 2.03. The molecule has 3 nitrogen and oxygen atoms in total. The number of benzene rings is 2. The Morgan fingerprint density at radius 2 is 1.68 bits per heavy atom. The summed E-state index contributed by atoms with van der Waals surface area (Å²) in [6.07, 6.45) is 1.11. The second kappa shape index (κ2) is 4.13. The van der Waals surface area contributed by atoms with Gasteiger partial charge in [0, 0.05) is 28.1 Å². The van der Waals surface area contributed by atoms with Crippen molar-refractivity contribution in [2.75, 3.05) is 6.26 Å². The molecular formula is C13H8Cl2O3S. The van der Waals surface area contributed by atoms with Crippen LogP contribution in [0.2, 0.25) is 10.0 Å². The molecule has 0 aliphatic carbocycles. The third-order valence-corrected chi connectivity index (χ3v) is 4.68. The van der Waals surface area contributed by atoms with Crippen molar-refractivity contribution >= 4 is 55.0 Å². The Morgan fingerprint density at radius 3 is 2.37 bits per heavy atom. The zero-order chi connectivity index (χ0) is 13.8. The molecule has 0 spiro atoms. The molecule has 0 aliphatic heterocycles. The first-order valence-electron chi connectivity index (χ1n) is 5.37. The summed E-state index contributed by atoms with van der Waals surface area (Å²) < 4.78 is 28.9. The number of furan rings is 1. The molecule has 3 rings (SSSR count). The number of hydrogen-bond donors (Lipinski definition) is 0. The minimum atomic E-state index is -3.39. The van der Waals surface area contributed by atoms with E-state index in [1.807, 2.05) is 0 Å². The Kier molecular flexibility index (Phi) is 2.78. The largest absolute Gasteiger partial charge is 0.456 e. The van der Waals surface area contributed by atoms with Crippen molar-refractivity contribution < 1.29 is 12.8 Å². The van der Waals surface area contributed by atoms with Gasteiger partial charge in [0.15, 0.2) is 9.84 Å². The molecule has 0 N–H and O–H groups in total. The van der Waals surface area contributed by atoms with Gasteiger partial charge in [-0.3, -0.25) is 0 Å². The number of halogens is 2. The van der Waals surface area contributed by atoms with Crippen LogP contribution >= 0.6 is 23.2 Å². The lowest BCUT2D eigenvalue weighted by Gasteiger charge is -2.01. The molecule has 0 saturated heterocycles. The summed E-state index contributed by atoms with van der Waals surface area (Å²) >= 11 is 12.0. The molecule has 0 saturated carbocycles. The van der Waals surface area contributed by atoms with Crippen LogP contribution in [-0.2, 0) is 9.84 Å².